The number of fused-ring (bicyclic) bond motifs is 3. The highest BCUT2D eigenvalue weighted by Crippen LogP contribution is 2.42. The fourth-order valence-electron chi connectivity index (χ4n) is 6.04. The third-order valence-corrected chi connectivity index (χ3v) is 8.33. The molecular weight excluding hydrogens is 586 g/mol. The van der Waals surface area contributed by atoms with Crippen LogP contribution >= 0.6 is 0 Å². The van der Waals surface area contributed by atoms with E-state index in [1.165, 1.54) is 0 Å². The van der Waals surface area contributed by atoms with Gasteiger partial charge in [0.2, 0.25) is 0 Å². The zero-order valence-corrected chi connectivity index (χ0v) is 26.7. The maximum absolute atomic E-state index is 5.60. The van der Waals surface area contributed by atoms with Gasteiger partial charge in [0.05, 0.1) is 28.4 Å². The lowest BCUT2D eigenvalue weighted by atomic mass is 10.1. The molecule has 0 amide bonds. The van der Waals surface area contributed by atoms with Crippen molar-refractivity contribution in [3.05, 3.63) is 133 Å². The maximum Gasteiger partial charge on any atom is 0.120 e. The van der Waals surface area contributed by atoms with Crippen LogP contribution in [0.25, 0.3) is 21.8 Å². The Morgan fingerprint density at radius 2 is 0.660 bits per heavy atom. The van der Waals surface area contributed by atoms with Crippen molar-refractivity contribution in [3.8, 4) is 23.0 Å². The minimum atomic E-state index is 0.781. The number of nitrogens with one attached hydrogen (secondary N) is 1. The number of hydrogen-bond acceptors (Lipinski definition) is 6. The number of nitrogens with zero attached hydrogens (tertiary/aromatic N) is 2. The highest BCUT2D eigenvalue weighted by molar-refractivity contribution is 6.10. The number of methoxy groups -OCH3 is 4. The van der Waals surface area contributed by atoms with Crippen molar-refractivity contribution < 1.29 is 18.9 Å². The molecule has 6 aromatic carbocycles. The van der Waals surface area contributed by atoms with E-state index < -0.39 is 0 Å². The molecule has 0 aliphatic heterocycles. The summed E-state index contributed by atoms with van der Waals surface area (Å²) < 4.78 is 22.4. The van der Waals surface area contributed by atoms with Gasteiger partial charge in [0.25, 0.3) is 0 Å². The number of anilines is 6. The Kier molecular flexibility index (Phi) is 8.02. The number of H-pyrrole nitrogens is 1. The number of benzene rings is 6. The van der Waals surface area contributed by atoms with Crippen LogP contribution in [0, 0.1) is 0 Å². The summed E-state index contributed by atoms with van der Waals surface area (Å²) in [7, 11) is 6.74. The molecule has 0 unspecified atom stereocenters. The molecule has 7 rings (SSSR count). The molecule has 47 heavy (non-hydrogen) atoms. The molecule has 0 saturated heterocycles. The van der Waals surface area contributed by atoms with Crippen LogP contribution in [-0.4, -0.2) is 33.4 Å². The molecule has 1 N–H and O–H groups in total. The fourth-order valence-corrected chi connectivity index (χ4v) is 6.04. The molecule has 0 aliphatic carbocycles. The highest BCUT2D eigenvalue weighted by Gasteiger charge is 2.19. The summed E-state index contributed by atoms with van der Waals surface area (Å²) in [4.78, 5) is 8.05. The molecule has 1 heterocycles. The third-order valence-electron chi connectivity index (χ3n) is 8.33. The SMILES string of the molecule is COc1cccc(N(c2cccc(OC)c2)c2ccc3[nH]c4ccc(N(c5cccc(OC)c5)c5cccc(OC)c5)cc4c3c2)c1. The standard InChI is InChI=1S/C40H35N3O4/c1-44-33-13-5-9-27(21-33)42(28-10-6-14-34(22-28)45-2)31-17-19-39-37(25-31)38-26-32(18-20-40(38)41-39)43(29-11-7-15-35(23-29)46-3)30-12-8-16-36(24-30)47-4/h5-26,41H,1-4H3. The second-order valence-corrected chi connectivity index (χ2v) is 11.1. The second-order valence-electron chi connectivity index (χ2n) is 11.1. The van der Waals surface area contributed by atoms with Crippen molar-refractivity contribution in [1.29, 1.82) is 0 Å². The Morgan fingerprint density at radius 3 is 0.957 bits per heavy atom. The first kappa shape index (κ1) is 29.6. The Balaban J connectivity index is 1.41. The molecule has 7 heteroatoms. The first-order valence-electron chi connectivity index (χ1n) is 15.3. The topological polar surface area (TPSA) is 59.2 Å². The number of aromatic amines is 1. The van der Waals surface area contributed by atoms with Gasteiger partial charge in [-0.2, -0.15) is 0 Å². The van der Waals surface area contributed by atoms with Gasteiger partial charge >= 0.3 is 0 Å². The van der Waals surface area contributed by atoms with Crippen LogP contribution in [0.5, 0.6) is 23.0 Å². The Morgan fingerprint density at radius 1 is 0.362 bits per heavy atom. The van der Waals surface area contributed by atoms with Crippen LogP contribution in [0.2, 0.25) is 0 Å². The first-order valence-corrected chi connectivity index (χ1v) is 15.3. The minimum absolute atomic E-state index is 0.781. The fraction of sp³-hybridized carbons (Fsp3) is 0.100. The van der Waals surface area contributed by atoms with E-state index in [4.69, 9.17) is 18.9 Å². The zero-order valence-electron chi connectivity index (χ0n) is 26.7. The lowest BCUT2D eigenvalue weighted by molar-refractivity contribution is 0.414. The summed E-state index contributed by atoms with van der Waals surface area (Å²) in [6.45, 7) is 0. The van der Waals surface area contributed by atoms with Gasteiger partial charge in [0.1, 0.15) is 23.0 Å². The average Bonchev–Trinajstić information content (AvgIpc) is 3.49. The number of rotatable bonds is 10. The van der Waals surface area contributed by atoms with E-state index in [0.717, 1.165) is 78.9 Å². The average molecular weight is 622 g/mol. The van der Waals surface area contributed by atoms with Crippen LogP contribution in [0.15, 0.2) is 133 Å². The molecule has 0 radical (unpaired) electrons. The van der Waals surface area contributed by atoms with Crippen molar-refractivity contribution in [2.75, 3.05) is 38.2 Å². The number of aromatic nitrogens is 1. The van der Waals surface area contributed by atoms with E-state index in [0.29, 0.717) is 0 Å². The van der Waals surface area contributed by atoms with Crippen LogP contribution < -0.4 is 28.7 Å². The van der Waals surface area contributed by atoms with Crippen LogP contribution in [0.4, 0.5) is 34.1 Å². The normalized spacial score (nSPS) is 11.0. The summed E-state index contributed by atoms with van der Waals surface area (Å²) in [5, 5.41) is 2.21. The Hall–Kier alpha value is -6.08. The van der Waals surface area contributed by atoms with Crippen LogP contribution in [0.3, 0.4) is 0 Å². The molecule has 0 saturated carbocycles. The predicted molar refractivity (Wildman–Crippen MR) is 191 cm³/mol. The summed E-state index contributed by atoms with van der Waals surface area (Å²) >= 11 is 0. The molecular formula is C40H35N3O4. The van der Waals surface area contributed by atoms with Crippen molar-refractivity contribution in [1.82, 2.24) is 4.98 Å². The predicted octanol–water partition coefficient (Wildman–Crippen LogP) is 10.3. The molecule has 7 nitrogen and oxygen atoms in total. The van der Waals surface area contributed by atoms with E-state index in [-0.39, 0.29) is 0 Å². The molecule has 7 aromatic rings. The van der Waals surface area contributed by atoms with E-state index in [9.17, 15) is 0 Å². The van der Waals surface area contributed by atoms with E-state index in [2.05, 4.69) is 75.4 Å². The van der Waals surface area contributed by atoms with E-state index >= 15 is 0 Å². The van der Waals surface area contributed by atoms with Crippen molar-refractivity contribution >= 4 is 55.9 Å². The van der Waals surface area contributed by atoms with Gasteiger partial charge in [-0.1, -0.05) is 24.3 Å². The van der Waals surface area contributed by atoms with Gasteiger partial charge in [0, 0.05) is 80.2 Å². The maximum atomic E-state index is 5.60. The number of hydrogen-bond donors (Lipinski definition) is 1. The molecule has 0 bridgehead atoms. The van der Waals surface area contributed by atoms with E-state index in [1.807, 2.05) is 72.8 Å². The summed E-state index contributed by atoms with van der Waals surface area (Å²) in [6.07, 6.45) is 0. The summed E-state index contributed by atoms with van der Waals surface area (Å²) in [6, 6.07) is 45.3. The summed E-state index contributed by atoms with van der Waals surface area (Å²) in [5.41, 5.74) is 7.99. The smallest absolute Gasteiger partial charge is 0.120 e. The number of ether oxygens (including phenoxy) is 4. The van der Waals surface area contributed by atoms with Crippen LogP contribution in [-0.2, 0) is 0 Å². The monoisotopic (exact) mass is 621 g/mol. The van der Waals surface area contributed by atoms with Crippen LogP contribution in [0.1, 0.15) is 0 Å². The Bertz CT molecular complexity index is 1940. The van der Waals surface area contributed by atoms with Crippen molar-refractivity contribution in [2.24, 2.45) is 0 Å². The van der Waals surface area contributed by atoms with Crippen molar-refractivity contribution in [3.63, 3.8) is 0 Å². The molecule has 0 aliphatic rings. The van der Waals surface area contributed by atoms with Gasteiger partial charge in [0.15, 0.2) is 0 Å². The van der Waals surface area contributed by atoms with Gasteiger partial charge < -0.3 is 33.7 Å². The molecule has 234 valence electrons. The minimum Gasteiger partial charge on any atom is -0.497 e. The molecule has 0 atom stereocenters. The van der Waals surface area contributed by atoms with Crippen molar-refractivity contribution in [2.45, 2.75) is 0 Å². The van der Waals surface area contributed by atoms with E-state index in [1.54, 1.807) is 28.4 Å². The third kappa shape index (κ3) is 5.75. The quantitative estimate of drug-likeness (QED) is 0.164. The Labute approximate surface area is 274 Å². The largest absolute Gasteiger partial charge is 0.497 e. The van der Waals surface area contributed by atoms with Gasteiger partial charge in [-0.05, 0) is 84.9 Å². The lowest BCUT2D eigenvalue weighted by Crippen LogP contribution is -2.10. The lowest BCUT2D eigenvalue weighted by Gasteiger charge is -2.26. The zero-order chi connectivity index (χ0) is 32.3. The van der Waals surface area contributed by atoms with Gasteiger partial charge in [-0.3, -0.25) is 0 Å². The first-order chi connectivity index (χ1) is 23.1. The molecule has 1 aromatic heterocycles. The molecule has 0 spiro atoms. The van der Waals surface area contributed by atoms with Gasteiger partial charge in [-0.15, -0.1) is 0 Å². The molecule has 0 fully saturated rings. The summed E-state index contributed by atoms with van der Waals surface area (Å²) in [5.74, 6) is 3.12. The highest BCUT2D eigenvalue weighted by atomic mass is 16.5. The van der Waals surface area contributed by atoms with Gasteiger partial charge in [-0.25, -0.2) is 0 Å². The second kappa shape index (κ2) is 12.7.